The van der Waals surface area contributed by atoms with Gasteiger partial charge in [0.05, 0.1) is 4.90 Å². The average Bonchev–Trinajstić information content (AvgIpc) is 2.50. The molecule has 0 atom stereocenters. The second-order valence-electron chi connectivity index (χ2n) is 4.96. The monoisotopic (exact) mass is 318 g/mol. The SMILES string of the molecule is CN(C)S(=O)(=O)c1ccc(=O)n(CC=Cc2ccccc2)c1. The summed E-state index contributed by atoms with van der Waals surface area (Å²) in [6.07, 6.45) is 5.08. The molecule has 0 unspecified atom stereocenters. The lowest BCUT2D eigenvalue weighted by Gasteiger charge is -2.12. The Labute approximate surface area is 130 Å². The van der Waals surface area contributed by atoms with Crippen molar-refractivity contribution in [1.82, 2.24) is 8.87 Å². The molecule has 1 aromatic carbocycles. The van der Waals surface area contributed by atoms with E-state index in [0.717, 1.165) is 9.87 Å². The Balaban J connectivity index is 2.25. The van der Waals surface area contributed by atoms with Gasteiger partial charge in [-0.1, -0.05) is 42.5 Å². The highest BCUT2D eigenvalue weighted by Crippen LogP contribution is 2.10. The zero-order chi connectivity index (χ0) is 16.2. The van der Waals surface area contributed by atoms with Gasteiger partial charge in [-0.3, -0.25) is 4.79 Å². The molecule has 0 spiro atoms. The lowest BCUT2D eigenvalue weighted by molar-refractivity contribution is 0.519. The first-order valence-corrected chi connectivity index (χ1v) is 8.20. The Morgan fingerprint density at radius 2 is 1.77 bits per heavy atom. The van der Waals surface area contributed by atoms with Crippen LogP contribution in [0.15, 0.2) is 64.4 Å². The molecule has 0 radical (unpaired) electrons. The lowest BCUT2D eigenvalue weighted by Crippen LogP contribution is -2.25. The van der Waals surface area contributed by atoms with Gasteiger partial charge < -0.3 is 4.57 Å². The second kappa shape index (κ2) is 6.72. The molecule has 22 heavy (non-hydrogen) atoms. The van der Waals surface area contributed by atoms with E-state index in [9.17, 15) is 13.2 Å². The number of pyridine rings is 1. The number of hydrogen-bond donors (Lipinski definition) is 0. The first-order valence-electron chi connectivity index (χ1n) is 6.76. The molecule has 0 aliphatic heterocycles. The fourth-order valence-electron chi connectivity index (χ4n) is 1.88. The minimum absolute atomic E-state index is 0.102. The quantitative estimate of drug-likeness (QED) is 0.845. The van der Waals surface area contributed by atoms with Crippen LogP contribution in [0, 0.1) is 0 Å². The van der Waals surface area contributed by atoms with Crippen molar-refractivity contribution < 1.29 is 8.42 Å². The van der Waals surface area contributed by atoms with E-state index in [-0.39, 0.29) is 10.5 Å². The molecule has 0 amide bonds. The maximum atomic E-state index is 12.1. The summed E-state index contributed by atoms with van der Waals surface area (Å²) in [5, 5.41) is 0. The van der Waals surface area contributed by atoms with Crippen LogP contribution in [0.1, 0.15) is 5.56 Å². The Morgan fingerprint density at radius 1 is 1.09 bits per heavy atom. The fraction of sp³-hybridized carbons (Fsp3) is 0.188. The van der Waals surface area contributed by atoms with Crippen molar-refractivity contribution >= 4 is 16.1 Å². The topological polar surface area (TPSA) is 59.4 Å². The predicted octanol–water partition coefficient (Wildman–Crippen LogP) is 1.81. The molecule has 0 bridgehead atoms. The van der Waals surface area contributed by atoms with Gasteiger partial charge in [-0.05, 0) is 11.6 Å². The van der Waals surface area contributed by atoms with Crippen molar-refractivity contribution in [2.45, 2.75) is 11.4 Å². The third-order valence-electron chi connectivity index (χ3n) is 3.15. The highest BCUT2D eigenvalue weighted by Gasteiger charge is 2.17. The van der Waals surface area contributed by atoms with Crippen molar-refractivity contribution in [3.05, 3.63) is 70.7 Å². The van der Waals surface area contributed by atoms with E-state index in [1.807, 2.05) is 42.5 Å². The lowest BCUT2D eigenvalue weighted by atomic mass is 10.2. The molecule has 0 saturated carbocycles. The summed E-state index contributed by atoms with van der Waals surface area (Å²) in [5.41, 5.74) is 0.781. The Hall–Kier alpha value is -2.18. The molecular formula is C16H18N2O3S. The molecule has 2 aromatic rings. The van der Waals surface area contributed by atoms with Gasteiger partial charge in [0.1, 0.15) is 0 Å². The van der Waals surface area contributed by atoms with Gasteiger partial charge in [0.2, 0.25) is 10.0 Å². The van der Waals surface area contributed by atoms with Gasteiger partial charge in [0.15, 0.2) is 0 Å². The summed E-state index contributed by atoms with van der Waals surface area (Å²) >= 11 is 0. The van der Waals surface area contributed by atoms with E-state index in [2.05, 4.69) is 0 Å². The minimum Gasteiger partial charge on any atom is -0.310 e. The van der Waals surface area contributed by atoms with Gasteiger partial charge in [0.25, 0.3) is 5.56 Å². The number of benzene rings is 1. The Kier molecular flexibility index (Phi) is 4.95. The number of sulfonamides is 1. The number of rotatable bonds is 5. The maximum absolute atomic E-state index is 12.1. The summed E-state index contributed by atoms with van der Waals surface area (Å²) in [6, 6.07) is 12.3. The molecule has 1 aromatic heterocycles. The van der Waals surface area contributed by atoms with Crippen LogP contribution in [0.5, 0.6) is 0 Å². The first kappa shape index (κ1) is 16.2. The van der Waals surface area contributed by atoms with Gasteiger partial charge in [-0.15, -0.1) is 0 Å². The van der Waals surface area contributed by atoms with E-state index in [1.54, 1.807) is 0 Å². The molecule has 116 valence electrons. The molecule has 1 heterocycles. The zero-order valence-corrected chi connectivity index (χ0v) is 13.3. The van der Waals surface area contributed by atoms with Gasteiger partial charge in [-0.25, -0.2) is 12.7 Å². The molecule has 2 rings (SSSR count). The molecule has 0 aliphatic carbocycles. The smallest absolute Gasteiger partial charge is 0.250 e. The van der Waals surface area contributed by atoms with Gasteiger partial charge in [-0.2, -0.15) is 0 Å². The van der Waals surface area contributed by atoms with Crippen LogP contribution >= 0.6 is 0 Å². The maximum Gasteiger partial charge on any atom is 0.250 e. The van der Waals surface area contributed by atoms with Crippen molar-refractivity contribution in [2.24, 2.45) is 0 Å². The van der Waals surface area contributed by atoms with E-state index in [1.165, 1.54) is 37.0 Å². The molecule has 0 saturated heterocycles. The molecule has 0 N–H and O–H groups in total. The van der Waals surface area contributed by atoms with E-state index >= 15 is 0 Å². The molecule has 0 aliphatic rings. The number of nitrogens with zero attached hydrogens (tertiary/aromatic N) is 2. The van der Waals surface area contributed by atoms with Gasteiger partial charge >= 0.3 is 0 Å². The largest absolute Gasteiger partial charge is 0.310 e. The van der Waals surface area contributed by atoms with E-state index in [4.69, 9.17) is 0 Å². The Morgan fingerprint density at radius 3 is 2.41 bits per heavy atom. The number of hydrogen-bond acceptors (Lipinski definition) is 3. The number of allylic oxidation sites excluding steroid dienone is 1. The van der Waals surface area contributed by atoms with Gasteiger partial charge in [0, 0.05) is 32.9 Å². The van der Waals surface area contributed by atoms with Crippen molar-refractivity contribution in [1.29, 1.82) is 0 Å². The highest BCUT2D eigenvalue weighted by molar-refractivity contribution is 7.89. The van der Waals surface area contributed by atoms with Crippen LogP contribution in [0.2, 0.25) is 0 Å². The summed E-state index contributed by atoms with van der Waals surface area (Å²) in [5.74, 6) is 0. The second-order valence-corrected chi connectivity index (χ2v) is 7.11. The minimum atomic E-state index is -3.54. The van der Waals surface area contributed by atoms with Crippen molar-refractivity contribution in [3.63, 3.8) is 0 Å². The molecule has 0 fully saturated rings. The zero-order valence-electron chi connectivity index (χ0n) is 12.5. The van der Waals surface area contributed by atoms with Crippen LogP contribution in [0.4, 0.5) is 0 Å². The predicted molar refractivity (Wildman–Crippen MR) is 87.1 cm³/mol. The van der Waals surface area contributed by atoms with Crippen LogP contribution in [0.3, 0.4) is 0 Å². The van der Waals surface area contributed by atoms with Crippen LogP contribution in [-0.4, -0.2) is 31.4 Å². The molecule has 5 nitrogen and oxygen atoms in total. The summed E-state index contributed by atoms with van der Waals surface area (Å²) < 4.78 is 26.7. The Bertz CT molecular complexity index is 822. The fourth-order valence-corrected chi connectivity index (χ4v) is 2.80. The van der Waals surface area contributed by atoms with Crippen LogP contribution < -0.4 is 5.56 Å². The normalized spacial score (nSPS) is 12.1. The molecular weight excluding hydrogens is 300 g/mol. The van der Waals surface area contributed by atoms with E-state index in [0.29, 0.717) is 6.54 Å². The van der Waals surface area contributed by atoms with Crippen LogP contribution in [0.25, 0.3) is 6.08 Å². The summed E-state index contributed by atoms with van der Waals surface area (Å²) in [4.78, 5) is 11.9. The van der Waals surface area contributed by atoms with Crippen LogP contribution in [-0.2, 0) is 16.6 Å². The third kappa shape index (κ3) is 3.72. The average molecular weight is 318 g/mol. The third-order valence-corrected chi connectivity index (χ3v) is 4.95. The standard InChI is InChI=1S/C16H18N2O3S/c1-17(2)22(20,21)15-10-11-16(19)18(13-15)12-6-9-14-7-4-3-5-8-14/h3-11,13H,12H2,1-2H3. The van der Waals surface area contributed by atoms with E-state index < -0.39 is 10.0 Å². The summed E-state index contributed by atoms with van der Waals surface area (Å²) in [7, 11) is -0.627. The van der Waals surface area contributed by atoms with Crippen molar-refractivity contribution in [3.8, 4) is 0 Å². The van der Waals surface area contributed by atoms with Crippen molar-refractivity contribution in [2.75, 3.05) is 14.1 Å². The first-order chi connectivity index (χ1) is 10.4. The highest BCUT2D eigenvalue weighted by atomic mass is 32.2. The molecule has 6 heteroatoms. The number of aromatic nitrogens is 1. The summed E-state index contributed by atoms with van der Waals surface area (Å²) in [6.45, 7) is 0.310.